The van der Waals surface area contributed by atoms with Crippen molar-refractivity contribution in [3.8, 4) is 0 Å². The predicted molar refractivity (Wildman–Crippen MR) is 166 cm³/mol. The van der Waals surface area contributed by atoms with Gasteiger partial charge >= 0.3 is 6.09 Å². The molecule has 2 atom stereocenters. The number of benzene rings is 1. The molecule has 0 spiro atoms. The number of nitrogens with one attached hydrogen (secondary N) is 3. The maximum Gasteiger partial charge on any atom is 0.407 e. The number of alkyl carbamates (subject to hydrolysis) is 1. The van der Waals surface area contributed by atoms with E-state index < -0.39 is 5.60 Å². The molecule has 3 aromatic rings. The van der Waals surface area contributed by atoms with Gasteiger partial charge in [-0.3, -0.25) is 9.69 Å². The number of piperazine rings is 1. The summed E-state index contributed by atoms with van der Waals surface area (Å²) in [6, 6.07) is 8.25. The van der Waals surface area contributed by atoms with E-state index in [-0.39, 0.29) is 12.0 Å². The van der Waals surface area contributed by atoms with Crippen molar-refractivity contribution in [1.29, 1.82) is 0 Å². The number of amides is 2. The van der Waals surface area contributed by atoms with E-state index in [0.29, 0.717) is 51.0 Å². The Kier molecular flexibility index (Phi) is 8.86. The minimum Gasteiger partial charge on any atom is -0.444 e. The molecule has 3 N–H and O–H groups in total. The second-order valence-electron chi connectivity index (χ2n) is 11.7. The van der Waals surface area contributed by atoms with Gasteiger partial charge < -0.3 is 25.6 Å². The molecule has 2 fully saturated rings. The van der Waals surface area contributed by atoms with Crippen molar-refractivity contribution in [2.45, 2.75) is 65.1 Å². The van der Waals surface area contributed by atoms with Crippen molar-refractivity contribution < 1.29 is 14.3 Å². The molecule has 13 heteroatoms. The number of anilines is 4. The smallest absolute Gasteiger partial charge is 0.407 e. The topological polar surface area (TPSA) is 125 Å². The number of para-hydroxylation sites is 1. The molecule has 1 aromatic carbocycles. The van der Waals surface area contributed by atoms with Crippen LogP contribution in [0.1, 0.15) is 54.7 Å². The number of likely N-dealkylation sites (tertiary alicyclic amines) is 1. The Morgan fingerprint density at radius 2 is 1.98 bits per heavy atom. The fraction of sp³-hybridized carbons (Fsp3) is 0.483. The largest absolute Gasteiger partial charge is 0.444 e. The Morgan fingerprint density at radius 1 is 1.17 bits per heavy atom. The van der Waals surface area contributed by atoms with E-state index in [9.17, 15) is 9.59 Å². The van der Waals surface area contributed by atoms with Gasteiger partial charge in [0.1, 0.15) is 27.9 Å². The number of hydrogen-bond donors (Lipinski definition) is 3. The summed E-state index contributed by atoms with van der Waals surface area (Å²) in [5, 5.41) is 10.0. The second-order valence-corrected chi connectivity index (χ2v) is 13.1. The number of nitrogens with zero attached hydrogens (tertiary/aromatic N) is 5. The van der Waals surface area contributed by atoms with E-state index in [1.165, 1.54) is 11.3 Å². The van der Waals surface area contributed by atoms with Crippen molar-refractivity contribution in [1.82, 2.24) is 25.2 Å². The molecule has 11 nitrogen and oxygen atoms in total. The van der Waals surface area contributed by atoms with E-state index in [1.807, 2.05) is 52.8 Å². The second kappa shape index (κ2) is 12.4. The van der Waals surface area contributed by atoms with Crippen LogP contribution in [0.4, 0.5) is 27.2 Å². The molecule has 224 valence electrons. The maximum atomic E-state index is 12.8. The molecule has 4 heterocycles. The Bertz CT molecular complexity index is 1440. The molecule has 0 unspecified atom stereocenters. The first-order valence-electron chi connectivity index (χ1n) is 14.1. The summed E-state index contributed by atoms with van der Waals surface area (Å²) in [5.74, 6) is 1.90. The highest BCUT2D eigenvalue weighted by Crippen LogP contribution is 2.35. The lowest BCUT2D eigenvalue weighted by atomic mass is 10.2. The molecule has 0 aliphatic carbocycles. The normalized spacial score (nSPS) is 18.3. The average Bonchev–Trinajstić information content (AvgIpc) is 3.64. The number of carbonyl (C=O) groups excluding carboxylic acids is 2. The third kappa shape index (κ3) is 7.29. The van der Waals surface area contributed by atoms with Crippen LogP contribution in [0.15, 0.2) is 30.5 Å². The van der Waals surface area contributed by atoms with Gasteiger partial charge in [0.15, 0.2) is 5.13 Å². The van der Waals surface area contributed by atoms with Crippen molar-refractivity contribution in [2.75, 3.05) is 41.7 Å². The molecule has 42 heavy (non-hydrogen) atoms. The lowest BCUT2D eigenvalue weighted by molar-refractivity contribution is 0.0525. The Balaban J connectivity index is 1.15. The predicted octanol–water partition coefficient (Wildman–Crippen LogP) is 5.38. The maximum absolute atomic E-state index is 12.8. The summed E-state index contributed by atoms with van der Waals surface area (Å²) < 4.78 is 5.31. The van der Waals surface area contributed by atoms with E-state index in [0.717, 1.165) is 43.9 Å². The lowest BCUT2D eigenvalue weighted by Gasteiger charge is -2.35. The fourth-order valence-corrected chi connectivity index (χ4v) is 6.35. The summed E-state index contributed by atoms with van der Waals surface area (Å²) in [7, 11) is 0. The molecule has 2 aromatic heterocycles. The summed E-state index contributed by atoms with van der Waals surface area (Å²) in [5.41, 5.74) is 0.989. The first-order chi connectivity index (χ1) is 19.9. The van der Waals surface area contributed by atoms with Crippen LogP contribution in [-0.2, 0) is 4.74 Å². The van der Waals surface area contributed by atoms with Crippen LogP contribution in [0.5, 0.6) is 0 Å². The molecule has 2 saturated heterocycles. The number of ether oxygens (including phenoxy) is 1. The molecule has 0 radical (unpaired) electrons. The van der Waals surface area contributed by atoms with E-state index >= 15 is 0 Å². The Morgan fingerprint density at radius 3 is 2.69 bits per heavy atom. The molecular formula is C29H37ClN8O3S. The number of aryl methyl sites for hydroxylation is 2. The first kappa shape index (κ1) is 30.0. The number of hydrogen-bond acceptors (Lipinski definition) is 10. The zero-order valence-electron chi connectivity index (χ0n) is 24.5. The van der Waals surface area contributed by atoms with E-state index in [2.05, 4.69) is 35.7 Å². The summed E-state index contributed by atoms with van der Waals surface area (Å²) >= 11 is 7.51. The fourth-order valence-electron chi connectivity index (χ4n) is 5.37. The van der Waals surface area contributed by atoms with Gasteiger partial charge in [0.25, 0.3) is 5.91 Å². The van der Waals surface area contributed by atoms with Gasteiger partial charge in [-0.1, -0.05) is 35.1 Å². The van der Waals surface area contributed by atoms with Gasteiger partial charge in [0.2, 0.25) is 0 Å². The van der Waals surface area contributed by atoms with Crippen LogP contribution in [0.2, 0.25) is 5.02 Å². The molecule has 2 bridgehead atoms. The number of halogens is 1. The third-order valence-electron chi connectivity index (χ3n) is 7.19. The highest BCUT2D eigenvalue weighted by Gasteiger charge is 2.43. The van der Waals surface area contributed by atoms with E-state index in [1.54, 1.807) is 12.3 Å². The third-order valence-corrected chi connectivity index (χ3v) is 8.41. The summed E-state index contributed by atoms with van der Waals surface area (Å²) in [6.45, 7) is 12.7. The van der Waals surface area contributed by atoms with Crippen LogP contribution >= 0.6 is 22.9 Å². The highest BCUT2D eigenvalue weighted by atomic mass is 35.5. The SMILES string of the molecule is Cc1nc(Nc2ncc(C(=O)Nc3c(C)cccc3Cl)s2)cc(N2C[C@H]3C[C@@H]2CN3CCCNC(=O)OC(C)(C)C)n1. The van der Waals surface area contributed by atoms with Crippen molar-refractivity contribution >= 4 is 57.4 Å². The van der Waals surface area contributed by atoms with Crippen molar-refractivity contribution in [3.63, 3.8) is 0 Å². The van der Waals surface area contributed by atoms with Crippen LogP contribution in [0.3, 0.4) is 0 Å². The zero-order chi connectivity index (χ0) is 30.0. The Hall–Kier alpha value is -3.48. The Labute approximate surface area is 255 Å². The van der Waals surface area contributed by atoms with Gasteiger partial charge in [0.05, 0.1) is 16.9 Å². The van der Waals surface area contributed by atoms with E-state index in [4.69, 9.17) is 21.3 Å². The van der Waals surface area contributed by atoms with Gasteiger partial charge in [-0.2, -0.15) is 0 Å². The standard InChI is InChI=1S/C29H37ClN8O3S/c1-17-8-6-9-21(30)25(17)36-26(39)22-14-32-27(42-22)35-23-13-24(34-18(2)33-23)38-16-19-12-20(38)15-37(19)11-7-10-31-28(40)41-29(3,4)5/h6,8-9,13-14,19-20H,7,10-12,15-16H2,1-5H3,(H,31,40)(H,36,39)(H,32,33,34,35)/t19-,20-/m1/s1. The van der Waals surface area contributed by atoms with Crippen LogP contribution in [-0.4, -0.2) is 75.7 Å². The van der Waals surface area contributed by atoms with Gasteiger partial charge in [-0.15, -0.1) is 0 Å². The number of rotatable bonds is 9. The minimum atomic E-state index is -0.493. The zero-order valence-corrected chi connectivity index (χ0v) is 26.1. The number of carbonyl (C=O) groups is 2. The summed E-state index contributed by atoms with van der Waals surface area (Å²) in [6.07, 6.45) is 3.13. The van der Waals surface area contributed by atoms with Crippen LogP contribution in [0.25, 0.3) is 0 Å². The molecule has 0 saturated carbocycles. The molecular weight excluding hydrogens is 576 g/mol. The van der Waals surface area contributed by atoms with Gasteiger partial charge in [0, 0.05) is 44.3 Å². The molecule has 2 aliphatic heterocycles. The van der Waals surface area contributed by atoms with Crippen LogP contribution < -0.4 is 20.9 Å². The van der Waals surface area contributed by atoms with Crippen molar-refractivity contribution in [2.24, 2.45) is 0 Å². The monoisotopic (exact) mass is 612 g/mol. The molecule has 2 amide bonds. The number of fused-ring (bicyclic) bond motifs is 2. The number of aromatic nitrogens is 3. The molecule has 2 aliphatic rings. The first-order valence-corrected chi connectivity index (χ1v) is 15.3. The minimum absolute atomic E-state index is 0.269. The highest BCUT2D eigenvalue weighted by molar-refractivity contribution is 7.17. The van der Waals surface area contributed by atoms with Crippen molar-refractivity contribution in [3.05, 3.63) is 51.7 Å². The van der Waals surface area contributed by atoms with Gasteiger partial charge in [-0.25, -0.2) is 19.7 Å². The molecule has 5 rings (SSSR count). The van der Waals surface area contributed by atoms with Crippen LogP contribution in [0, 0.1) is 13.8 Å². The quantitative estimate of drug-likeness (QED) is 0.273. The average molecular weight is 613 g/mol. The van der Waals surface area contributed by atoms with Gasteiger partial charge in [-0.05, 0) is 59.1 Å². The number of thiazole rings is 1. The lowest BCUT2D eigenvalue weighted by Crippen LogP contribution is -2.47. The summed E-state index contributed by atoms with van der Waals surface area (Å²) in [4.78, 5) is 43.7.